The average molecular weight is 270 g/mol. The number of rotatable bonds is 4. The third-order valence-corrected chi connectivity index (χ3v) is 3.00. The number of nitrogens with one attached hydrogen (secondary N) is 1. The van der Waals surface area contributed by atoms with Crippen molar-refractivity contribution in [2.75, 3.05) is 5.32 Å². The van der Waals surface area contributed by atoms with Gasteiger partial charge in [0.2, 0.25) is 0 Å². The van der Waals surface area contributed by atoms with Crippen molar-refractivity contribution in [3.8, 4) is 0 Å². The van der Waals surface area contributed by atoms with Gasteiger partial charge in [0, 0.05) is 11.1 Å². The van der Waals surface area contributed by atoms with Crippen molar-refractivity contribution >= 4 is 34.7 Å². The lowest BCUT2D eigenvalue weighted by molar-refractivity contribution is 0.0697. The van der Waals surface area contributed by atoms with E-state index in [0.29, 0.717) is 6.54 Å². The van der Waals surface area contributed by atoms with Gasteiger partial charge in [-0.15, -0.1) is 11.3 Å². The molecule has 0 bridgehead atoms. The van der Waals surface area contributed by atoms with E-state index in [1.54, 1.807) is 11.7 Å². The zero-order chi connectivity index (χ0) is 12.3. The SMILES string of the molecule is O=C(O)c1ccc(Cl)nc1NCc1cncs1. The minimum absolute atomic E-state index is 0.0962. The Morgan fingerprint density at radius 1 is 1.53 bits per heavy atom. The van der Waals surface area contributed by atoms with Gasteiger partial charge in [0.1, 0.15) is 16.5 Å². The Balaban J connectivity index is 2.19. The predicted octanol–water partition coefficient (Wildman–Crippen LogP) is 2.50. The van der Waals surface area contributed by atoms with Crippen LogP contribution in [-0.2, 0) is 6.54 Å². The molecule has 5 nitrogen and oxygen atoms in total. The Kier molecular flexibility index (Phi) is 3.55. The molecule has 0 aliphatic carbocycles. The molecule has 0 amide bonds. The topological polar surface area (TPSA) is 75.1 Å². The molecule has 0 aliphatic heterocycles. The molecule has 0 aromatic carbocycles. The van der Waals surface area contributed by atoms with Crippen LogP contribution < -0.4 is 5.32 Å². The van der Waals surface area contributed by atoms with Gasteiger partial charge in [-0.3, -0.25) is 4.98 Å². The summed E-state index contributed by atoms with van der Waals surface area (Å²) in [6.07, 6.45) is 1.71. The fraction of sp³-hybridized carbons (Fsp3) is 0.100. The van der Waals surface area contributed by atoms with Gasteiger partial charge in [-0.25, -0.2) is 9.78 Å². The lowest BCUT2D eigenvalue weighted by atomic mass is 10.2. The second-order valence-electron chi connectivity index (χ2n) is 3.16. The van der Waals surface area contributed by atoms with Crippen LogP contribution in [0, 0.1) is 0 Å². The van der Waals surface area contributed by atoms with E-state index >= 15 is 0 Å². The zero-order valence-electron chi connectivity index (χ0n) is 8.55. The van der Waals surface area contributed by atoms with E-state index in [9.17, 15) is 4.79 Å². The van der Waals surface area contributed by atoms with Crippen LogP contribution in [0.3, 0.4) is 0 Å². The van der Waals surface area contributed by atoms with Crippen LogP contribution in [0.2, 0.25) is 5.15 Å². The van der Waals surface area contributed by atoms with Crippen molar-refractivity contribution in [1.82, 2.24) is 9.97 Å². The number of aromatic carboxylic acids is 1. The number of aromatic nitrogens is 2. The van der Waals surface area contributed by atoms with E-state index in [4.69, 9.17) is 16.7 Å². The van der Waals surface area contributed by atoms with E-state index in [1.807, 2.05) is 0 Å². The van der Waals surface area contributed by atoms with E-state index in [1.165, 1.54) is 23.5 Å². The smallest absolute Gasteiger partial charge is 0.339 e. The van der Waals surface area contributed by atoms with Crippen LogP contribution in [0.15, 0.2) is 23.8 Å². The number of carboxylic acid groups (broad SMARTS) is 1. The third kappa shape index (κ3) is 2.92. The highest BCUT2D eigenvalue weighted by Crippen LogP contribution is 2.18. The second kappa shape index (κ2) is 5.11. The monoisotopic (exact) mass is 269 g/mol. The van der Waals surface area contributed by atoms with Gasteiger partial charge in [0.05, 0.1) is 12.1 Å². The molecule has 0 aliphatic rings. The molecule has 0 saturated carbocycles. The van der Waals surface area contributed by atoms with Gasteiger partial charge in [-0.05, 0) is 12.1 Å². The van der Waals surface area contributed by atoms with Crippen molar-refractivity contribution < 1.29 is 9.90 Å². The Labute approximate surface area is 106 Å². The number of thiazole rings is 1. The lowest BCUT2D eigenvalue weighted by Crippen LogP contribution is -2.07. The molecule has 0 radical (unpaired) electrons. The molecule has 0 unspecified atom stereocenters. The molecular formula is C10H8ClN3O2S. The molecule has 2 N–H and O–H groups in total. The first-order valence-electron chi connectivity index (χ1n) is 4.68. The summed E-state index contributed by atoms with van der Waals surface area (Å²) in [5.41, 5.74) is 1.81. The molecule has 2 heterocycles. The molecule has 0 fully saturated rings. The van der Waals surface area contributed by atoms with Crippen molar-refractivity contribution in [3.05, 3.63) is 39.4 Å². The highest BCUT2D eigenvalue weighted by atomic mass is 35.5. The fourth-order valence-electron chi connectivity index (χ4n) is 1.24. The quantitative estimate of drug-likeness (QED) is 0.834. The highest BCUT2D eigenvalue weighted by molar-refractivity contribution is 7.09. The molecule has 2 rings (SSSR count). The Bertz CT molecular complexity index is 530. The summed E-state index contributed by atoms with van der Waals surface area (Å²) >= 11 is 7.21. The molecule has 17 heavy (non-hydrogen) atoms. The number of anilines is 1. The normalized spacial score (nSPS) is 10.2. The molecule has 0 saturated heterocycles. The minimum Gasteiger partial charge on any atom is -0.478 e. The predicted molar refractivity (Wildman–Crippen MR) is 65.6 cm³/mol. The molecule has 7 heteroatoms. The van der Waals surface area contributed by atoms with Crippen LogP contribution in [0.25, 0.3) is 0 Å². The van der Waals surface area contributed by atoms with Crippen molar-refractivity contribution in [3.63, 3.8) is 0 Å². The molecule has 2 aromatic heterocycles. The van der Waals surface area contributed by atoms with E-state index < -0.39 is 5.97 Å². The van der Waals surface area contributed by atoms with E-state index in [2.05, 4.69) is 15.3 Å². The maximum Gasteiger partial charge on any atom is 0.339 e. The molecule has 0 spiro atoms. The number of carbonyl (C=O) groups is 1. The van der Waals surface area contributed by atoms with E-state index in [0.717, 1.165) is 4.88 Å². The number of carboxylic acids is 1. The van der Waals surface area contributed by atoms with Crippen LogP contribution in [-0.4, -0.2) is 21.0 Å². The number of pyridine rings is 1. The van der Waals surface area contributed by atoms with Gasteiger partial charge in [-0.2, -0.15) is 0 Å². The van der Waals surface area contributed by atoms with Crippen molar-refractivity contribution in [2.45, 2.75) is 6.54 Å². The maximum absolute atomic E-state index is 11.0. The largest absolute Gasteiger partial charge is 0.478 e. The Morgan fingerprint density at radius 2 is 2.35 bits per heavy atom. The second-order valence-corrected chi connectivity index (χ2v) is 4.51. The van der Waals surface area contributed by atoms with Crippen LogP contribution in [0.1, 0.15) is 15.2 Å². The van der Waals surface area contributed by atoms with Gasteiger partial charge >= 0.3 is 5.97 Å². The first-order chi connectivity index (χ1) is 8.16. The third-order valence-electron chi connectivity index (χ3n) is 2.01. The summed E-state index contributed by atoms with van der Waals surface area (Å²) in [5, 5.41) is 12.2. The summed E-state index contributed by atoms with van der Waals surface area (Å²) in [6.45, 7) is 0.471. The number of nitrogens with zero attached hydrogens (tertiary/aromatic N) is 2. The van der Waals surface area contributed by atoms with Crippen LogP contribution in [0.5, 0.6) is 0 Å². The average Bonchev–Trinajstić information content (AvgIpc) is 2.78. The molecule has 2 aromatic rings. The number of halogens is 1. The summed E-state index contributed by atoms with van der Waals surface area (Å²) < 4.78 is 0. The molecular weight excluding hydrogens is 262 g/mol. The summed E-state index contributed by atoms with van der Waals surface area (Å²) in [5.74, 6) is -0.778. The van der Waals surface area contributed by atoms with Crippen LogP contribution >= 0.6 is 22.9 Å². The standard InChI is InChI=1S/C10H8ClN3O2S/c11-8-2-1-7(10(15)16)9(14-8)13-4-6-3-12-5-17-6/h1-3,5H,4H2,(H,13,14)(H,15,16). The summed E-state index contributed by atoms with van der Waals surface area (Å²) in [7, 11) is 0. The van der Waals surface area contributed by atoms with Gasteiger partial charge in [0.25, 0.3) is 0 Å². The number of hydrogen-bond acceptors (Lipinski definition) is 5. The Hall–Kier alpha value is -1.66. The van der Waals surface area contributed by atoms with E-state index in [-0.39, 0.29) is 16.5 Å². The van der Waals surface area contributed by atoms with Crippen molar-refractivity contribution in [2.24, 2.45) is 0 Å². The molecule has 88 valence electrons. The molecule has 0 atom stereocenters. The first kappa shape index (κ1) is 11.8. The van der Waals surface area contributed by atoms with Crippen molar-refractivity contribution in [1.29, 1.82) is 0 Å². The van der Waals surface area contributed by atoms with Gasteiger partial charge in [0.15, 0.2) is 0 Å². The Morgan fingerprint density at radius 3 is 3.00 bits per heavy atom. The first-order valence-corrected chi connectivity index (χ1v) is 5.93. The summed E-state index contributed by atoms with van der Waals surface area (Å²) in [6, 6.07) is 2.87. The van der Waals surface area contributed by atoms with Crippen LogP contribution in [0.4, 0.5) is 5.82 Å². The summed E-state index contributed by atoms with van der Waals surface area (Å²) in [4.78, 5) is 19.8. The lowest BCUT2D eigenvalue weighted by Gasteiger charge is -2.07. The van der Waals surface area contributed by atoms with Gasteiger partial charge < -0.3 is 10.4 Å². The minimum atomic E-state index is -1.04. The number of hydrogen-bond donors (Lipinski definition) is 2. The maximum atomic E-state index is 11.0. The van der Waals surface area contributed by atoms with Gasteiger partial charge in [-0.1, -0.05) is 11.6 Å². The fourth-order valence-corrected chi connectivity index (χ4v) is 1.92. The zero-order valence-corrected chi connectivity index (χ0v) is 10.1. The highest BCUT2D eigenvalue weighted by Gasteiger charge is 2.11.